The fourth-order valence-electron chi connectivity index (χ4n) is 3.27. The second-order valence-corrected chi connectivity index (χ2v) is 11.6. The summed E-state index contributed by atoms with van der Waals surface area (Å²) in [6.07, 6.45) is 1.57. The average Bonchev–Trinajstić information content (AvgIpc) is 3.40. The molecule has 2 atom stereocenters. The number of furan rings is 1. The Balaban J connectivity index is 1.67. The molecule has 8 nitrogen and oxygen atoms in total. The van der Waals surface area contributed by atoms with Crippen LogP contribution in [0.1, 0.15) is 44.1 Å². The van der Waals surface area contributed by atoms with Crippen LogP contribution in [0.15, 0.2) is 52.0 Å². The second-order valence-electron chi connectivity index (χ2n) is 7.42. The van der Waals surface area contributed by atoms with Crippen molar-refractivity contribution in [2.24, 2.45) is 0 Å². The van der Waals surface area contributed by atoms with E-state index in [1.54, 1.807) is 6.92 Å². The quantitative estimate of drug-likeness (QED) is 0.654. The maximum absolute atomic E-state index is 12.7. The van der Waals surface area contributed by atoms with Crippen LogP contribution in [0.4, 0.5) is 0 Å². The van der Waals surface area contributed by atoms with Crippen LogP contribution in [0, 0.1) is 0 Å². The lowest BCUT2D eigenvalue weighted by molar-refractivity contribution is -0.121. The average molecular weight is 455 g/mol. The molecule has 1 saturated heterocycles. The number of carbonyl (C=O) groups is 1. The largest absolute Gasteiger partial charge is 0.447 e. The molecule has 0 unspecified atom stereocenters. The lowest BCUT2D eigenvalue weighted by Crippen LogP contribution is -2.39. The molecule has 0 bridgehead atoms. The molecule has 1 aromatic heterocycles. The van der Waals surface area contributed by atoms with Gasteiger partial charge in [-0.3, -0.25) is 4.79 Å². The number of sulfone groups is 1. The molecule has 0 aliphatic carbocycles. The number of hydrogen-bond acceptors (Lipinski definition) is 6. The van der Waals surface area contributed by atoms with Gasteiger partial charge in [0.2, 0.25) is 11.0 Å². The molecular weight excluding hydrogens is 428 g/mol. The summed E-state index contributed by atoms with van der Waals surface area (Å²) >= 11 is 0. The fourth-order valence-corrected chi connectivity index (χ4v) is 5.91. The fraction of sp³-hybridized carbons (Fsp3) is 0.450. The summed E-state index contributed by atoms with van der Waals surface area (Å²) in [5.41, 5.74) is 0.859. The SMILES string of the molecule is C[C@H](NC(=O)[C@@H](C)S(=O)(=O)Cc1ccc(S(=O)(=O)N2CCCC2)o1)c1ccccc1. The van der Waals surface area contributed by atoms with Crippen LogP contribution >= 0.6 is 0 Å². The van der Waals surface area contributed by atoms with E-state index in [-0.39, 0.29) is 16.9 Å². The molecule has 0 radical (unpaired) electrons. The zero-order valence-corrected chi connectivity index (χ0v) is 18.6. The first kappa shape index (κ1) is 22.5. The van der Waals surface area contributed by atoms with E-state index < -0.39 is 36.8 Å². The zero-order chi connectivity index (χ0) is 21.9. The predicted molar refractivity (Wildman–Crippen MR) is 112 cm³/mol. The number of hydrogen-bond donors (Lipinski definition) is 1. The van der Waals surface area contributed by atoms with E-state index in [2.05, 4.69) is 5.32 Å². The first-order valence-corrected chi connectivity index (χ1v) is 12.9. The van der Waals surface area contributed by atoms with Gasteiger partial charge in [-0.05, 0) is 44.4 Å². The molecule has 164 valence electrons. The van der Waals surface area contributed by atoms with Gasteiger partial charge in [-0.2, -0.15) is 4.31 Å². The first-order valence-electron chi connectivity index (χ1n) is 9.77. The van der Waals surface area contributed by atoms with Crippen molar-refractivity contribution in [3.8, 4) is 0 Å². The molecule has 0 spiro atoms. The molecule has 1 aliphatic rings. The predicted octanol–water partition coefficient (Wildman–Crippen LogP) is 2.24. The van der Waals surface area contributed by atoms with Gasteiger partial charge >= 0.3 is 0 Å². The highest BCUT2D eigenvalue weighted by molar-refractivity contribution is 7.92. The van der Waals surface area contributed by atoms with Gasteiger partial charge in [-0.15, -0.1) is 0 Å². The molecule has 1 amide bonds. The van der Waals surface area contributed by atoms with E-state index in [0.717, 1.165) is 18.4 Å². The van der Waals surface area contributed by atoms with Gasteiger partial charge in [-0.25, -0.2) is 16.8 Å². The van der Waals surface area contributed by atoms with E-state index in [1.807, 2.05) is 30.3 Å². The molecule has 30 heavy (non-hydrogen) atoms. The summed E-state index contributed by atoms with van der Waals surface area (Å²) in [6, 6.07) is 11.5. The van der Waals surface area contributed by atoms with Crippen molar-refractivity contribution in [1.29, 1.82) is 0 Å². The molecule has 1 aliphatic heterocycles. The monoisotopic (exact) mass is 454 g/mol. The van der Waals surface area contributed by atoms with E-state index in [1.165, 1.54) is 23.4 Å². The summed E-state index contributed by atoms with van der Waals surface area (Å²) in [5.74, 6) is -1.19. The second kappa shape index (κ2) is 8.91. The highest BCUT2D eigenvalue weighted by Gasteiger charge is 2.33. The highest BCUT2D eigenvalue weighted by atomic mass is 32.2. The number of carbonyl (C=O) groups excluding carboxylic acids is 1. The Labute approximate surface area is 177 Å². The van der Waals surface area contributed by atoms with Crippen LogP contribution in [0.5, 0.6) is 0 Å². The van der Waals surface area contributed by atoms with Gasteiger partial charge in [0.1, 0.15) is 16.8 Å². The van der Waals surface area contributed by atoms with E-state index in [9.17, 15) is 21.6 Å². The van der Waals surface area contributed by atoms with Crippen molar-refractivity contribution in [2.45, 2.75) is 48.8 Å². The summed E-state index contributed by atoms with van der Waals surface area (Å²) in [7, 11) is -7.67. The number of benzene rings is 1. The van der Waals surface area contributed by atoms with E-state index >= 15 is 0 Å². The summed E-state index contributed by atoms with van der Waals surface area (Å²) in [6.45, 7) is 3.93. The Morgan fingerprint density at radius 2 is 1.67 bits per heavy atom. The third-order valence-corrected chi connectivity index (χ3v) is 8.96. The Morgan fingerprint density at radius 1 is 1.03 bits per heavy atom. The summed E-state index contributed by atoms with van der Waals surface area (Å²) in [4.78, 5) is 12.5. The van der Waals surface area contributed by atoms with Gasteiger partial charge in [-0.1, -0.05) is 30.3 Å². The third kappa shape index (κ3) is 4.93. The van der Waals surface area contributed by atoms with Gasteiger partial charge in [0.05, 0.1) is 6.04 Å². The minimum Gasteiger partial charge on any atom is -0.447 e. The van der Waals surface area contributed by atoms with E-state index in [4.69, 9.17) is 4.42 Å². The molecular formula is C20H26N2O6S2. The molecule has 1 aromatic carbocycles. The Kier molecular flexibility index (Phi) is 6.68. The highest BCUT2D eigenvalue weighted by Crippen LogP contribution is 2.24. The Morgan fingerprint density at radius 3 is 2.30 bits per heavy atom. The summed E-state index contributed by atoms with van der Waals surface area (Å²) in [5, 5.41) is 1.12. The van der Waals surface area contributed by atoms with Crippen LogP contribution in [0.2, 0.25) is 0 Å². The van der Waals surface area contributed by atoms with Crippen molar-refractivity contribution < 1.29 is 26.0 Å². The lowest BCUT2D eigenvalue weighted by atomic mass is 10.1. The molecule has 2 heterocycles. The summed E-state index contributed by atoms with van der Waals surface area (Å²) < 4.78 is 57.1. The van der Waals surface area contributed by atoms with Crippen LogP contribution in [-0.2, 0) is 30.4 Å². The maximum atomic E-state index is 12.7. The van der Waals surface area contributed by atoms with Crippen molar-refractivity contribution in [3.05, 3.63) is 53.8 Å². The minimum atomic E-state index is -3.91. The van der Waals surface area contributed by atoms with Crippen LogP contribution in [-0.4, -0.2) is 45.4 Å². The van der Waals surface area contributed by atoms with Gasteiger partial charge in [0.15, 0.2) is 9.84 Å². The topological polar surface area (TPSA) is 114 Å². The minimum absolute atomic E-state index is 0.0106. The standard InChI is InChI=1S/C20H26N2O6S2/c1-15(17-8-4-3-5-9-17)21-20(23)16(2)29(24,25)14-18-10-11-19(28-18)30(26,27)22-12-6-7-13-22/h3-5,8-11,15-16H,6-7,12-14H2,1-2H3,(H,21,23)/t15-,16+/m0/s1. The molecule has 2 aromatic rings. The molecule has 0 saturated carbocycles. The molecule has 10 heteroatoms. The number of amides is 1. The van der Waals surface area contributed by atoms with E-state index in [0.29, 0.717) is 13.1 Å². The van der Waals surface area contributed by atoms with Crippen LogP contribution in [0.25, 0.3) is 0 Å². The Hall–Kier alpha value is -2.17. The third-order valence-electron chi connectivity index (χ3n) is 5.21. The molecule has 1 fully saturated rings. The van der Waals surface area contributed by atoms with Crippen molar-refractivity contribution in [1.82, 2.24) is 9.62 Å². The van der Waals surface area contributed by atoms with Crippen molar-refractivity contribution >= 4 is 25.8 Å². The Bertz CT molecular complexity index is 1090. The number of sulfonamides is 1. The molecule has 1 N–H and O–H groups in total. The molecule has 3 rings (SSSR count). The van der Waals surface area contributed by atoms with Crippen molar-refractivity contribution in [2.75, 3.05) is 13.1 Å². The number of nitrogens with one attached hydrogen (secondary N) is 1. The van der Waals surface area contributed by atoms with Gasteiger partial charge < -0.3 is 9.73 Å². The maximum Gasteiger partial charge on any atom is 0.276 e. The zero-order valence-electron chi connectivity index (χ0n) is 16.9. The number of rotatable bonds is 8. The van der Waals surface area contributed by atoms with Gasteiger partial charge in [0, 0.05) is 13.1 Å². The van der Waals surface area contributed by atoms with Crippen molar-refractivity contribution in [3.63, 3.8) is 0 Å². The lowest BCUT2D eigenvalue weighted by Gasteiger charge is -2.18. The van der Waals surface area contributed by atoms with Crippen LogP contribution < -0.4 is 5.32 Å². The first-order chi connectivity index (χ1) is 14.1. The van der Waals surface area contributed by atoms with Gasteiger partial charge in [0.25, 0.3) is 10.0 Å². The number of nitrogens with zero attached hydrogens (tertiary/aromatic N) is 1. The normalized spacial score (nSPS) is 17.5. The van der Waals surface area contributed by atoms with Crippen LogP contribution in [0.3, 0.4) is 0 Å². The smallest absolute Gasteiger partial charge is 0.276 e.